The number of fused-ring (bicyclic) bond motifs is 1. The molecule has 1 amide bonds. The number of amides is 1. The van der Waals surface area contributed by atoms with Crippen molar-refractivity contribution in [3.05, 3.63) is 71.2 Å². The average molecular weight is 494 g/mol. The van der Waals surface area contributed by atoms with Crippen LogP contribution in [-0.2, 0) is 16.2 Å². The Morgan fingerprint density at radius 2 is 1.80 bits per heavy atom. The zero-order chi connectivity index (χ0) is 25.2. The lowest BCUT2D eigenvalue weighted by molar-refractivity contribution is -0.0200. The highest BCUT2D eigenvalue weighted by molar-refractivity contribution is 7.16. The molecule has 0 aliphatic heterocycles. The maximum absolute atomic E-state index is 13.3. The minimum atomic E-state index is -0.823. The van der Waals surface area contributed by atoms with Crippen LogP contribution in [0.25, 0.3) is 22.2 Å². The first kappa shape index (κ1) is 24.4. The molecule has 0 spiro atoms. The molecule has 0 bridgehead atoms. The lowest BCUT2D eigenvalue weighted by atomic mass is 10.1. The molecule has 0 saturated heterocycles. The van der Waals surface area contributed by atoms with Gasteiger partial charge in [-0.05, 0) is 39.8 Å². The van der Waals surface area contributed by atoms with Crippen LogP contribution in [0.2, 0.25) is 0 Å². The zero-order valence-electron chi connectivity index (χ0n) is 19.9. The molecular formula is C26H27N3O5S. The number of aliphatic hydroxyl groups is 1. The van der Waals surface area contributed by atoms with Gasteiger partial charge in [-0.3, -0.25) is 10.1 Å². The molecule has 0 fully saturated rings. The summed E-state index contributed by atoms with van der Waals surface area (Å²) in [5.74, 6) is -0.417. The minimum absolute atomic E-state index is 0.197. The minimum Gasteiger partial charge on any atom is -0.429 e. The van der Waals surface area contributed by atoms with E-state index in [1.807, 2.05) is 54.6 Å². The Morgan fingerprint density at radius 3 is 2.49 bits per heavy atom. The maximum atomic E-state index is 13.3. The molecule has 1 unspecified atom stereocenters. The van der Waals surface area contributed by atoms with Gasteiger partial charge in [0, 0.05) is 10.9 Å². The van der Waals surface area contributed by atoms with Gasteiger partial charge in [-0.15, -0.1) is 0 Å². The van der Waals surface area contributed by atoms with Crippen molar-refractivity contribution in [3.63, 3.8) is 0 Å². The molecule has 2 N–H and O–H groups in total. The molecule has 8 nitrogen and oxygen atoms in total. The number of carbonyl (C=O) groups is 2. The van der Waals surface area contributed by atoms with Crippen LogP contribution in [0.3, 0.4) is 0 Å². The third-order valence-electron chi connectivity index (χ3n) is 5.04. The van der Waals surface area contributed by atoms with E-state index in [-0.39, 0.29) is 6.73 Å². The number of nitrogens with zero attached hydrogens (tertiary/aromatic N) is 2. The Kier molecular flexibility index (Phi) is 6.90. The summed E-state index contributed by atoms with van der Waals surface area (Å²) in [7, 11) is 0. The fourth-order valence-corrected chi connectivity index (χ4v) is 4.49. The lowest BCUT2D eigenvalue weighted by Crippen LogP contribution is -2.25. The molecular weight excluding hydrogens is 466 g/mol. The fraction of sp³-hybridized carbons (Fsp3) is 0.269. The summed E-state index contributed by atoms with van der Waals surface area (Å²) in [5, 5.41) is 14.3. The van der Waals surface area contributed by atoms with E-state index >= 15 is 0 Å². The second kappa shape index (κ2) is 9.89. The molecule has 9 heteroatoms. The Bertz CT molecular complexity index is 1350. The van der Waals surface area contributed by atoms with Crippen LogP contribution in [0.1, 0.15) is 49.2 Å². The average Bonchev–Trinajstić information content (AvgIpc) is 3.39. The van der Waals surface area contributed by atoms with E-state index in [0.29, 0.717) is 21.4 Å². The van der Waals surface area contributed by atoms with Crippen molar-refractivity contribution in [2.75, 3.05) is 5.32 Å². The fourth-order valence-electron chi connectivity index (χ4n) is 3.57. The summed E-state index contributed by atoms with van der Waals surface area (Å²) in [6, 6.07) is 18.6. The molecule has 0 aliphatic rings. The normalized spacial score (nSPS) is 12.4. The van der Waals surface area contributed by atoms with Crippen molar-refractivity contribution < 1.29 is 24.2 Å². The Morgan fingerprint density at radius 1 is 1.11 bits per heavy atom. The van der Waals surface area contributed by atoms with E-state index < -0.39 is 23.8 Å². The number of aromatic nitrogens is 2. The topological polar surface area (TPSA) is 103 Å². The predicted octanol–water partition coefficient (Wildman–Crippen LogP) is 5.98. The largest absolute Gasteiger partial charge is 0.510 e. The van der Waals surface area contributed by atoms with Gasteiger partial charge in [0.15, 0.2) is 11.9 Å². The number of carbonyl (C=O) groups excluding carboxylic acids is 2. The highest BCUT2D eigenvalue weighted by Gasteiger charge is 2.22. The number of aliphatic hydroxyl groups excluding tert-OH is 1. The van der Waals surface area contributed by atoms with E-state index in [0.717, 1.165) is 16.5 Å². The van der Waals surface area contributed by atoms with E-state index in [9.17, 15) is 14.7 Å². The maximum Gasteiger partial charge on any atom is 0.510 e. The van der Waals surface area contributed by atoms with Crippen LogP contribution < -0.4 is 5.32 Å². The molecule has 0 aliphatic carbocycles. The van der Waals surface area contributed by atoms with Crippen LogP contribution in [0.15, 0.2) is 60.7 Å². The molecule has 1 atom stereocenters. The molecule has 2 aromatic carbocycles. The van der Waals surface area contributed by atoms with Crippen LogP contribution in [-0.4, -0.2) is 32.3 Å². The number of benzene rings is 2. The highest BCUT2D eigenvalue weighted by atomic mass is 32.1. The van der Waals surface area contributed by atoms with Crippen LogP contribution >= 0.6 is 11.3 Å². The number of hydrogen-bond donors (Lipinski definition) is 2. The monoisotopic (exact) mass is 493 g/mol. The van der Waals surface area contributed by atoms with E-state index in [2.05, 4.69) is 10.3 Å². The summed E-state index contributed by atoms with van der Waals surface area (Å²) >= 11 is 1.22. The second-order valence-corrected chi connectivity index (χ2v) is 10.0. The molecule has 2 aromatic heterocycles. The molecule has 4 rings (SSSR count). The number of hydrogen-bond acceptors (Lipinski definition) is 7. The highest BCUT2D eigenvalue weighted by Crippen LogP contribution is 2.35. The summed E-state index contributed by atoms with van der Waals surface area (Å²) in [5.41, 5.74) is 1.80. The first-order valence-electron chi connectivity index (χ1n) is 11.1. The zero-order valence-corrected chi connectivity index (χ0v) is 20.8. The number of nitrogens with one attached hydrogen (secondary N) is 1. The van der Waals surface area contributed by atoms with E-state index in [1.54, 1.807) is 38.3 Å². The van der Waals surface area contributed by atoms with Gasteiger partial charge >= 0.3 is 6.16 Å². The van der Waals surface area contributed by atoms with Crippen molar-refractivity contribution in [2.24, 2.45) is 0 Å². The van der Waals surface area contributed by atoms with E-state index in [1.165, 1.54) is 11.3 Å². The van der Waals surface area contributed by atoms with Gasteiger partial charge in [0.2, 0.25) is 0 Å². The van der Waals surface area contributed by atoms with Gasteiger partial charge < -0.3 is 19.1 Å². The van der Waals surface area contributed by atoms with Crippen molar-refractivity contribution in [1.82, 2.24) is 9.55 Å². The number of para-hydroxylation sites is 1. The smallest absolute Gasteiger partial charge is 0.429 e. The van der Waals surface area contributed by atoms with Gasteiger partial charge in [0.25, 0.3) is 5.91 Å². The van der Waals surface area contributed by atoms with Crippen LogP contribution in [0.4, 0.5) is 9.93 Å². The van der Waals surface area contributed by atoms with Crippen molar-refractivity contribution in [1.29, 1.82) is 0 Å². The lowest BCUT2D eigenvalue weighted by Gasteiger charge is -2.19. The predicted molar refractivity (Wildman–Crippen MR) is 135 cm³/mol. The molecule has 35 heavy (non-hydrogen) atoms. The van der Waals surface area contributed by atoms with Crippen molar-refractivity contribution >= 4 is 39.4 Å². The quantitative estimate of drug-likeness (QED) is 0.320. The summed E-state index contributed by atoms with van der Waals surface area (Å²) in [4.78, 5) is 30.6. The molecule has 182 valence electrons. The first-order valence-corrected chi connectivity index (χ1v) is 11.9. The third kappa shape index (κ3) is 5.70. The molecule has 0 radical (unpaired) electrons. The Hall–Kier alpha value is -3.69. The van der Waals surface area contributed by atoms with Crippen LogP contribution in [0, 0.1) is 0 Å². The van der Waals surface area contributed by atoms with Gasteiger partial charge in [0.05, 0.1) is 22.2 Å². The van der Waals surface area contributed by atoms with Crippen molar-refractivity contribution in [2.45, 2.75) is 46.1 Å². The van der Waals surface area contributed by atoms with Gasteiger partial charge in [0.1, 0.15) is 11.3 Å². The Labute approximate surface area is 207 Å². The number of thiazole rings is 1. The Balaban J connectivity index is 1.62. The van der Waals surface area contributed by atoms with Gasteiger partial charge in [-0.1, -0.05) is 59.9 Å². The molecule has 0 saturated carbocycles. The van der Waals surface area contributed by atoms with E-state index in [4.69, 9.17) is 9.47 Å². The standard InChI is InChI=1S/C26H27N3O5S/c1-16(30)22-21(17-10-6-5-7-11-17)27-24(35-22)28-23(31)20-14-18-12-8-9-13-19(18)29(20)15-33-25(32)34-26(2,3)4/h5-14,16,30H,15H2,1-4H3,(H,27,28,31). The summed E-state index contributed by atoms with van der Waals surface area (Å²) < 4.78 is 12.1. The number of ether oxygens (including phenoxy) is 2. The summed E-state index contributed by atoms with van der Waals surface area (Å²) in [6.07, 6.45) is -1.57. The van der Waals surface area contributed by atoms with Gasteiger partial charge in [-0.2, -0.15) is 0 Å². The molecule has 2 heterocycles. The second-order valence-electron chi connectivity index (χ2n) is 8.98. The number of anilines is 1. The summed E-state index contributed by atoms with van der Waals surface area (Å²) in [6.45, 7) is 6.71. The third-order valence-corrected chi connectivity index (χ3v) is 6.19. The SMILES string of the molecule is CC(O)c1sc(NC(=O)c2cc3ccccc3n2COC(=O)OC(C)(C)C)nc1-c1ccccc1. The van der Waals surface area contributed by atoms with Crippen LogP contribution in [0.5, 0.6) is 0 Å². The number of rotatable bonds is 6. The van der Waals surface area contributed by atoms with Crippen molar-refractivity contribution in [3.8, 4) is 11.3 Å². The first-order chi connectivity index (χ1) is 16.6. The van der Waals surface area contributed by atoms with Gasteiger partial charge in [-0.25, -0.2) is 9.78 Å². The molecule has 4 aromatic rings.